The molecule has 0 aliphatic carbocycles. The van der Waals surface area contributed by atoms with Gasteiger partial charge in [0.05, 0.1) is 0 Å². The number of carbonyl (C=O) groups excluding carboxylic acids is 1. The molecule has 0 aromatic carbocycles. The summed E-state index contributed by atoms with van der Waals surface area (Å²) >= 11 is 0. The number of nitrogens with one attached hydrogen (secondary N) is 2. The minimum Gasteiger partial charge on any atom is -0.378 e. The minimum atomic E-state index is -3.58. The van der Waals surface area contributed by atoms with Crippen LogP contribution in [0, 0.1) is 6.92 Å². The number of amides is 1. The molecular formula is C10H13F2N3O2. The Labute approximate surface area is 97.2 Å². The molecule has 1 rings (SSSR count). The number of alkyl halides is 2. The van der Waals surface area contributed by atoms with Gasteiger partial charge in [-0.25, -0.2) is 4.98 Å². The lowest BCUT2D eigenvalue weighted by molar-refractivity contribution is -0.152. The maximum atomic E-state index is 13.0. The maximum absolute atomic E-state index is 13.0. The van der Waals surface area contributed by atoms with Crippen molar-refractivity contribution in [1.82, 2.24) is 10.4 Å². The van der Waals surface area contributed by atoms with Crippen LogP contribution in [-0.4, -0.2) is 30.5 Å². The molecule has 7 heteroatoms. The summed E-state index contributed by atoms with van der Waals surface area (Å²) in [5.41, 5.74) is 5.07. The Hall–Kier alpha value is -1.76. The second-order valence-corrected chi connectivity index (χ2v) is 3.44. The summed E-state index contributed by atoms with van der Waals surface area (Å²) < 4.78 is 30.2. The van der Waals surface area contributed by atoms with Crippen LogP contribution in [0.25, 0.3) is 0 Å². The van der Waals surface area contributed by atoms with Gasteiger partial charge in [-0.15, -0.1) is 0 Å². The van der Waals surface area contributed by atoms with Gasteiger partial charge in [-0.3, -0.25) is 15.6 Å². The van der Waals surface area contributed by atoms with E-state index in [1.54, 1.807) is 18.3 Å². The molecule has 1 aromatic heterocycles. The summed E-state index contributed by atoms with van der Waals surface area (Å²) in [5, 5.41) is 0. The van der Waals surface area contributed by atoms with Crippen LogP contribution in [0.5, 0.6) is 0 Å². The van der Waals surface area contributed by atoms with Gasteiger partial charge in [0, 0.05) is 13.3 Å². The van der Waals surface area contributed by atoms with Crippen molar-refractivity contribution in [3.63, 3.8) is 0 Å². The molecule has 94 valence electrons. The average molecular weight is 245 g/mol. The molecular weight excluding hydrogens is 232 g/mol. The van der Waals surface area contributed by atoms with Gasteiger partial charge < -0.3 is 4.74 Å². The molecule has 0 saturated heterocycles. The lowest BCUT2D eigenvalue weighted by atomic mass is 10.3. The van der Waals surface area contributed by atoms with E-state index in [0.717, 1.165) is 12.7 Å². The van der Waals surface area contributed by atoms with Crippen LogP contribution in [0.15, 0.2) is 18.3 Å². The molecule has 0 radical (unpaired) electrons. The number of hydrazine groups is 1. The van der Waals surface area contributed by atoms with Crippen LogP contribution in [0.1, 0.15) is 5.56 Å². The van der Waals surface area contributed by atoms with Gasteiger partial charge in [0.25, 0.3) is 0 Å². The van der Waals surface area contributed by atoms with Crippen LogP contribution in [0.3, 0.4) is 0 Å². The molecule has 0 bridgehead atoms. The minimum absolute atomic E-state index is 0.275. The van der Waals surface area contributed by atoms with Gasteiger partial charge in [-0.1, -0.05) is 6.07 Å². The molecule has 17 heavy (non-hydrogen) atoms. The third-order valence-corrected chi connectivity index (χ3v) is 1.87. The molecule has 0 unspecified atom stereocenters. The zero-order chi connectivity index (χ0) is 12.9. The zero-order valence-electron chi connectivity index (χ0n) is 9.46. The van der Waals surface area contributed by atoms with Crippen molar-refractivity contribution in [3.8, 4) is 0 Å². The molecule has 5 nitrogen and oxygen atoms in total. The number of halogens is 2. The largest absolute Gasteiger partial charge is 0.378 e. The van der Waals surface area contributed by atoms with E-state index in [9.17, 15) is 13.6 Å². The molecule has 1 heterocycles. The number of hydrogen-bond acceptors (Lipinski definition) is 4. The quantitative estimate of drug-likeness (QED) is 0.763. The fourth-order valence-electron chi connectivity index (χ4n) is 1.00. The van der Waals surface area contributed by atoms with Crippen LogP contribution < -0.4 is 10.9 Å². The van der Waals surface area contributed by atoms with Gasteiger partial charge in [0.1, 0.15) is 12.4 Å². The van der Waals surface area contributed by atoms with Crippen LogP contribution in [0.4, 0.5) is 14.6 Å². The van der Waals surface area contributed by atoms with E-state index < -0.39 is 18.4 Å². The number of ether oxygens (including phenoxy) is 1. The number of carbonyl (C=O) groups is 1. The molecule has 0 aliphatic heterocycles. The van der Waals surface area contributed by atoms with E-state index in [1.165, 1.54) is 0 Å². The first-order chi connectivity index (χ1) is 7.95. The summed E-state index contributed by atoms with van der Waals surface area (Å²) in [6, 6.07) is 3.29. The first kappa shape index (κ1) is 13.3. The van der Waals surface area contributed by atoms with Crippen molar-refractivity contribution in [3.05, 3.63) is 23.9 Å². The number of rotatable bonds is 5. The highest BCUT2D eigenvalue weighted by Crippen LogP contribution is 2.13. The van der Waals surface area contributed by atoms with E-state index >= 15 is 0 Å². The highest BCUT2D eigenvalue weighted by atomic mass is 19.3. The predicted molar refractivity (Wildman–Crippen MR) is 57.6 cm³/mol. The number of nitrogens with zero attached hydrogens (tertiary/aromatic N) is 1. The van der Waals surface area contributed by atoms with Crippen molar-refractivity contribution in [1.29, 1.82) is 0 Å². The zero-order valence-corrected chi connectivity index (χ0v) is 9.46. The SMILES string of the molecule is COCC(F)(F)C(=O)NNc1ccc(C)cn1. The predicted octanol–water partition coefficient (Wildman–Crippen LogP) is 1.11. The first-order valence-electron chi connectivity index (χ1n) is 4.81. The number of aromatic nitrogens is 1. The van der Waals surface area contributed by atoms with Crippen molar-refractivity contribution < 1.29 is 18.3 Å². The molecule has 0 aliphatic rings. The normalized spacial score (nSPS) is 11.1. The fourth-order valence-corrected chi connectivity index (χ4v) is 1.00. The fraction of sp³-hybridized carbons (Fsp3) is 0.400. The van der Waals surface area contributed by atoms with E-state index in [2.05, 4.69) is 15.1 Å². The Balaban J connectivity index is 2.50. The van der Waals surface area contributed by atoms with E-state index in [-0.39, 0.29) is 5.82 Å². The third kappa shape index (κ3) is 3.95. The number of anilines is 1. The lowest BCUT2D eigenvalue weighted by Crippen LogP contribution is -2.45. The Morgan fingerprint density at radius 1 is 1.53 bits per heavy atom. The van der Waals surface area contributed by atoms with Gasteiger partial charge in [-0.05, 0) is 18.6 Å². The van der Waals surface area contributed by atoms with Crippen molar-refractivity contribution in [2.75, 3.05) is 19.1 Å². The van der Waals surface area contributed by atoms with Gasteiger partial charge in [-0.2, -0.15) is 8.78 Å². The van der Waals surface area contributed by atoms with Crippen molar-refractivity contribution >= 4 is 11.7 Å². The van der Waals surface area contributed by atoms with Gasteiger partial charge in [0.2, 0.25) is 0 Å². The summed E-state index contributed by atoms with van der Waals surface area (Å²) in [6.07, 6.45) is 1.54. The maximum Gasteiger partial charge on any atom is 0.348 e. The van der Waals surface area contributed by atoms with Gasteiger partial charge >= 0.3 is 11.8 Å². The second-order valence-electron chi connectivity index (χ2n) is 3.44. The molecule has 0 saturated carbocycles. The van der Waals surface area contributed by atoms with Crippen molar-refractivity contribution in [2.24, 2.45) is 0 Å². The van der Waals surface area contributed by atoms with E-state index in [0.29, 0.717) is 0 Å². The topological polar surface area (TPSA) is 63.2 Å². The van der Waals surface area contributed by atoms with Crippen LogP contribution in [-0.2, 0) is 9.53 Å². The van der Waals surface area contributed by atoms with Crippen LogP contribution >= 0.6 is 0 Å². The summed E-state index contributed by atoms with van der Waals surface area (Å²) in [6.45, 7) is 0.865. The monoisotopic (exact) mass is 245 g/mol. The average Bonchev–Trinajstić information content (AvgIpc) is 2.27. The smallest absolute Gasteiger partial charge is 0.348 e. The molecule has 0 fully saturated rings. The number of hydrogen-bond donors (Lipinski definition) is 2. The molecule has 1 amide bonds. The molecule has 1 aromatic rings. The van der Waals surface area contributed by atoms with E-state index in [4.69, 9.17) is 0 Å². The molecule has 0 atom stereocenters. The second kappa shape index (κ2) is 5.53. The van der Waals surface area contributed by atoms with E-state index in [1.807, 2.05) is 12.3 Å². The Kier molecular flexibility index (Phi) is 4.33. The number of methoxy groups -OCH3 is 1. The van der Waals surface area contributed by atoms with Crippen LogP contribution in [0.2, 0.25) is 0 Å². The highest BCUT2D eigenvalue weighted by Gasteiger charge is 2.38. The highest BCUT2D eigenvalue weighted by molar-refractivity contribution is 5.84. The first-order valence-corrected chi connectivity index (χ1v) is 4.81. The molecule has 0 spiro atoms. The standard InChI is InChI=1S/C10H13F2N3O2/c1-7-3-4-8(13-5-7)14-15-9(16)10(11,12)6-17-2/h3-5H,6H2,1-2H3,(H,13,14)(H,15,16). The number of aryl methyl sites for hydroxylation is 1. The Bertz CT molecular complexity index is 382. The Morgan fingerprint density at radius 2 is 2.24 bits per heavy atom. The number of pyridine rings is 1. The molecule has 2 N–H and O–H groups in total. The Morgan fingerprint density at radius 3 is 2.76 bits per heavy atom. The van der Waals surface area contributed by atoms with Gasteiger partial charge in [0.15, 0.2) is 0 Å². The third-order valence-electron chi connectivity index (χ3n) is 1.87. The summed E-state index contributed by atoms with van der Waals surface area (Å²) in [4.78, 5) is 14.9. The summed E-state index contributed by atoms with van der Waals surface area (Å²) in [5.74, 6) is -4.77. The lowest BCUT2D eigenvalue weighted by Gasteiger charge is -2.15. The summed E-state index contributed by atoms with van der Waals surface area (Å²) in [7, 11) is 1.09. The van der Waals surface area contributed by atoms with Crippen molar-refractivity contribution in [2.45, 2.75) is 12.8 Å².